The van der Waals surface area contributed by atoms with Crippen molar-refractivity contribution in [2.75, 3.05) is 23.8 Å². The number of benzene rings is 1. The van der Waals surface area contributed by atoms with E-state index in [-0.39, 0.29) is 5.82 Å². The molecule has 132 valence electrons. The minimum Gasteiger partial charge on any atom is -0.492 e. The van der Waals surface area contributed by atoms with Gasteiger partial charge in [-0.15, -0.1) is 0 Å². The molecule has 0 bridgehead atoms. The topological polar surface area (TPSA) is 79.2 Å². The molecule has 7 nitrogen and oxygen atoms in total. The number of aryl methyl sites for hydroxylation is 1. The second kappa shape index (κ2) is 7.98. The molecule has 0 amide bonds. The van der Waals surface area contributed by atoms with Crippen LogP contribution in [-0.2, 0) is 0 Å². The average molecular weight is 352 g/mol. The van der Waals surface area contributed by atoms with Crippen molar-refractivity contribution in [2.45, 2.75) is 6.92 Å². The van der Waals surface area contributed by atoms with Crippen molar-refractivity contribution in [2.24, 2.45) is 0 Å². The fourth-order valence-electron chi connectivity index (χ4n) is 2.25. The first-order chi connectivity index (χ1) is 12.6. The molecule has 8 heteroatoms. The normalized spacial score (nSPS) is 10.2. The fraction of sp³-hybridized carbons (Fsp3) is 0.167. The van der Waals surface area contributed by atoms with Crippen molar-refractivity contribution in [3.8, 4) is 5.75 Å². The predicted octanol–water partition coefficient (Wildman–Crippen LogP) is 4.04. The van der Waals surface area contributed by atoms with Crippen LogP contribution in [0.4, 0.5) is 27.5 Å². The maximum atomic E-state index is 13.1. The molecule has 1 aromatic carbocycles. The zero-order valence-corrected chi connectivity index (χ0v) is 14.1. The van der Waals surface area contributed by atoms with Gasteiger partial charge < -0.3 is 15.4 Å². The number of nitrogens with zero attached hydrogens (tertiary/aromatic N) is 3. The summed E-state index contributed by atoms with van der Waals surface area (Å²) in [6, 6.07) is 11.2. The minimum absolute atomic E-state index is 0.304. The van der Waals surface area contributed by atoms with Crippen molar-refractivity contribution in [3.63, 3.8) is 0 Å². The number of anilines is 3. The van der Waals surface area contributed by atoms with E-state index in [0.29, 0.717) is 42.0 Å². The van der Waals surface area contributed by atoms with Crippen LogP contribution in [0.2, 0.25) is 0 Å². The van der Waals surface area contributed by atoms with Crippen LogP contribution in [0.15, 0.2) is 42.5 Å². The number of aromatic amines is 1. The number of H-pyrrole nitrogens is 1. The maximum absolute atomic E-state index is 13.1. The number of aromatic nitrogens is 3. The molecular weight excluding hydrogens is 335 g/mol. The fourth-order valence-corrected chi connectivity index (χ4v) is 2.25. The highest BCUT2D eigenvalue weighted by Gasteiger charge is 2.07. The lowest BCUT2D eigenvalue weighted by Crippen LogP contribution is -2.12. The van der Waals surface area contributed by atoms with Crippen LogP contribution in [0.5, 0.6) is 5.75 Å². The van der Waals surface area contributed by atoms with Gasteiger partial charge in [-0.3, -0.25) is 5.10 Å². The molecule has 0 unspecified atom stereocenters. The lowest BCUT2D eigenvalue weighted by molar-refractivity contribution is 0.331. The van der Waals surface area contributed by atoms with Crippen LogP contribution >= 0.6 is 0 Å². The van der Waals surface area contributed by atoms with Crippen molar-refractivity contribution in [1.82, 2.24) is 15.2 Å². The summed E-state index contributed by atoms with van der Waals surface area (Å²) >= 11 is 0. The monoisotopic (exact) mass is 352 g/mol. The Morgan fingerprint density at radius 3 is 2.85 bits per heavy atom. The summed E-state index contributed by atoms with van der Waals surface area (Å²) in [5, 5.41) is 13.1. The Morgan fingerprint density at radius 2 is 2.12 bits per heavy atom. The van der Waals surface area contributed by atoms with E-state index in [1.54, 1.807) is 24.3 Å². The Hall–Kier alpha value is -3.60. The summed E-state index contributed by atoms with van der Waals surface area (Å²) in [6.07, 6.45) is 0. The summed E-state index contributed by atoms with van der Waals surface area (Å²) in [6.45, 7) is 9.87. The molecule has 0 aliphatic heterocycles. The van der Waals surface area contributed by atoms with Gasteiger partial charge in [-0.1, -0.05) is 6.07 Å². The van der Waals surface area contributed by atoms with Crippen LogP contribution < -0.4 is 15.4 Å². The van der Waals surface area contributed by atoms with E-state index in [9.17, 15) is 4.39 Å². The first kappa shape index (κ1) is 17.2. The third-order valence-electron chi connectivity index (χ3n) is 3.42. The molecule has 3 aromatic rings. The van der Waals surface area contributed by atoms with Crippen molar-refractivity contribution in [1.29, 1.82) is 0 Å². The maximum Gasteiger partial charge on any atom is 0.228 e. The molecule has 3 rings (SSSR count). The molecule has 0 aliphatic carbocycles. The van der Waals surface area contributed by atoms with Crippen molar-refractivity contribution < 1.29 is 9.13 Å². The van der Waals surface area contributed by atoms with Gasteiger partial charge in [0.05, 0.1) is 6.57 Å². The van der Waals surface area contributed by atoms with E-state index < -0.39 is 0 Å². The van der Waals surface area contributed by atoms with E-state index in [1.807, 2.05) is 13.0 Å². The average Bonchev–Trinajstić information content (AvgIpc) is 3.04. The van der Waals surface area contributed by atoms with Crippen molar-refractivity contribution in [3.05, 3.63) is 65.4 Å². The van der Waals surface area contributed by atoms with Crippen LogP contribution in [0, 0.1) is 19.3 Å². The summed E-state index contributed by atoms with van der Waals surface area (Å²) in [5.74, 6) is 1.76. The van der Waals surface area contributed by atoms with Gasteiger partial charge in [-0.2, -0.15) is 5.10 Å². The number of ether oxygens (including phenoxy) is 1. The number of hydrogen-bond acceptors (Lipinski definition) is 5. The van der Waals surface area contributed by atoms with E-state index in [4.69, 9.17) is 11.3 Å². The second-order valence-corrected chi connectivity index (χ2v) is 5.47. The van der Waals surface area contributed by atoms with Gasteiger partial charge in [0.2, 0.25) is 5.69 Å². The molecule has 0 saturated carbocycles. The summed E-state index contributed by atoms with van der Waals surface area (Å²) < 4.78 is 18.6. The lowest BCUT2D eigenvalue weighted by Gasteiger charge is -2.11. The van der Waals surface area contributed by atoms with Crippen LogP contribution in [0.3, 0.4) is 0 Å². The van der Waals surface area contributed by atoms with E-state index in [2.05, 4.69) is 30.7 Å². The first-order valence-corrected chi connectivity index (χ1v) is 7.94. The summed E-state index contributed by atoms with van der Waals surface area (Å²) in [4.78, 5) is 7.86. The molecule has 2 heterocycles. The summed E-state index contributed by atoms with van der Waals surface area (Å²) in [7, 11) is 0. The molecule has 0 fully saturated rings. The Morgan fingerprint density at radius 1 is 1.23 bits per heavy atom. The molecule has 0 aliphatic rings. The standard InChI is InChI=1S/C18H17FN6O/c1-12-10-17(25-24-12)22-16-7-6-15(20-2)18(23-16)21-8-9-26-14-5-3-4-13(19)11-14/h3-7,10-11H,8-9H2,1H3,(H3,21,22,23,24,25). The number of halogens is 1. The van der Waals surface area contributed by atoms with E-state index in [1.165, 1.54) is 12.1 Å². The number of pyridine rings is 1. The quantitative estimate of drug-likeness (QED) is 0.442. The highest BCUT2D eigenvalue weighted by atomic mass is 19.1. The SMILES string of the molecule is [C-]#[N+]c1ccc(Nc2cc(C)[nH]n2)nc1NCCOc1cccc(F)c1. The van der Waals surface area contributed by atoms with Crippen molar-refractivity contribution >= 4 is 23.1 Å². The van der Waals surface area contributed by atoms with E-state index >= 15 is 0 Å². The first-order valence-electron chi connectivity index (χ1n) is 7.94. The predicted molar refractivity (Wildman–Crippen MR) is 97.5 cm³/mol. The number of nitrogens with one attached hydrogen (secondary N) is 3. The number of rotatable bonds is 7. The molecule has 0 radical (unpaired) electrons. The second-order valence-electron chi connectivity index (χ2n) is 5.47. The highest BCUT2D eigenvalue weighted by Crippen LogP contribution is 2.26. The number of hydrogen-bond donors (Lipinski definition) is 3. The van der Waals surface area contributed by atoms with Gasteiger partial charge in [-0.05, 0) is 31.2 Å². The van der Waals surface area contributed by atoms with Crippen LogP contribution in [-0.4, -0.2) is 28.3 Å². The zero-order valence-electron chi connectivity index (χ0n) is 14.1. The van der Waals surface area contributed by atoms with Gasteiger partial charge in [0.1, 0.15) is 29.8 Å². The highest BCUT2D eigenvalue weighted by molar-refractivity contribution is 5.69. The molecule has 2 aromatic heterocycles. The van der Waals surface area contributed by atoms with Gasteiger partial charge in [0.15, 0.2) is 5.82 Å². The van der Waals surface area contributed by atoms with Gasteiger partial charge in [0.25, 0.3) is 0 Å². The molecular formula is C18H17FN6O. The van der Waals surface area contributed by atoms with Crippen LogP contribution in [0.1, 0.15) is 5.69 Å². The van der Waals surface area contributed by atoms with Gasteiger partial charge in [0, 0.05) is 24.4 Å². The Bertz CT molecular complexity index is 933. The third-order valence-corrected chi connectivity index (χ3v) is 3.42. The molecule has 0 atom stereocenters. The van der Waals surface area contributed by atoms with Crippen LogP contribution in [0.25, 0.3) is 4.85 Å². The Balaban J connectivity index is 1.60. The lowest BCUT2D eigenvalue weighted by atomic mass is 10.3. The largest absolute Gasteiger partial charge is 0.492 e. The summed E-state index contributed by atoms with van der Waals surface area (Å²) in [5.41, 5.74) is 1.33. The van der Waals surface area contributed by atoms with E-state index in [0.717, 1.165) is 5.69 Å². The molecule has 26 heavy (non-hydrogen) atoms. The zero-order chi connectivity index (χ0) is 18.4. The minimum atomic E-state index is -0.347. The molecule has 0 saturated heterocycles. The molecule has 0 spiro atoms. The smallest absolute Gasteiger partial charge is 0.228 e. The molecule has 3 N–H and O–H groups in total. The Labute approximate surface area is 150 Å². The Kier molecular flexibility index (Phi) is 5.29. The van der Waals surface area contributed by atoms with Gasteiger partial charge in [-0.25, -0.2) is 14.2 Å². The van der Waals surface area contributed by atoms with Gasteiger partial charge >= 0.3 is 0 Å². The third kappa shape index (κ3) is 4.48.